The molecule has 248 valence electrons. The number of piperidine rings is 2. The van der Waals surface area contributed by atoms with Crippen molar-refractivity contribution in [3.63, 3.8) is 0 Å². The highest BCUT2D eigenvalue weighted by atomic mass is 16.2. The zero-order chi connectivity index (χ0) is 33.8. The Morgan fingerprint density at radius 3 is 2.60 bits per heavy atom. The molecule has 0 spiro atoms. The third-order valence-electron chi connectivity index (χ3n) is 9.16. The van der Waals surface area contributed by atoms with E-state index in [2.05, 4.69) is 32.8 Å². The maximum Gasteiger partial charge on any atom is 0.262 e. The van der Waals surface area contributed by atoms with Crippen LogP contribution in [0.3, 0.4) is 0 Å². The van der Waals surface area contributed by atoms with Crippen LogP contribution in [0.15, 0.2) is 54.9 Å². The van der Waals surface area contributed by atoms with Crippen LogP contribution in [-0.2, 0) is 14.4 Å². The number of nitrogens with zero attached hydrogens (tertiary/aromatic N) is 4. The van der Waals surface area contributed by atoms with Crippen LogP contribution >= 0.6 is 0 Å². The molecule has 2 aromatic carbocycles. The average molecular weight is 651 g/mol. The molecule has 3 unspecified atom stereocenters. The Kier molecular flexibility index (Phi) is 9.55. The van der Waals surface area contributed by atoms with E-state index in [1.807, 2.05) is 35.4 Å². The normalized spacial score (nSPS) is 21.3. The van der Waals surface area contributed by atoms with Crippen molar-refractivity contribution < 1.29 is 24.0 Å². The minimum Gasteiger partial charge on any atom is -0.387 e. The highest BCUT2D eigenvalue weighted by molar-refractivity contribution is 6.23. The van der Waals surface area contributed by atoms with Crippen molar-refractivity contribution in [1.82, 2.24) is 30.4 Å². The molecule has 0 bridgehead atoms. The molecule has 5 amide bonds. The van der Waals surface area contributed by atoms with Crippen LogP contribution in [0.1, 0.15) is 78.3 Å². The summed E-state index contributed by atoms with van der Waals surface area (Å²) in [4.78, 5) is 74.8. The van der Waals surface area contributed by atoms with Crippen molar-refractivity contribution in [2.45, 2.75) is 70.0 Å². The standard InChI is InChI=1S/C35H38N8O5/c1-21-16-24(38-19-22(18-36)29-20-39-27-6-2-3-7-28(27)40-29)13-15-42(21)32(45)8-4-5-14-37-23-9-10-25-26(17-23)35(48)43(34(25)47)30-11-12-31(44)41-33(30)46/h2-3,6-7,9-10,17-21,24,30,36-38H,4-5,8,11-16H2,1H3,(H,41,44,46)/b22-19+,36-18?. The van der Waals surface area contributed by atoms with Gasteiger partial charge in [-0.15, -0.1) is 0 Å². The maximum absolute atomic E-state index is 13.1. The van der Waals surface area contributed by atoms with Crippen molar-refractivity contribution in [3.8, 4) is 0 Å². The number of anilines is 1. The van der Waals surface area contributed by atoms with Gasteiger partial charge < -0.3 is 20.9 Å². The zero-order valence-corrected chi connectivity index (χ0v) is 26.7. The average Bonchev–Trinajstić information content (AvgIpc) is 3.33. The SMILES string of the molecule is CC1CC(N/C=C(\C=N)c2cnc3ccccc3n2)CCN1C(=O)CCCCNc1ccc2c(c1)C(=O)N(C1CCC(=O)NC1=O)C2=O. The van der Waals surface area contributed by atoms with Crippen LogP contribution in [-0.4, -0.2) is 86.7 Å². The van der Waals surface area contributed by atoms with Gasteiger partial charge >= 0.3 is 0 Å². The number of allylic oxidation sites excluding steroid dienone is 1. The monoisotopic (exact) mass is 650 g/mol. The summed E-state index contributed by atoms with van der Waals surface area (Å²) in [6, 6.07) is 11.8. The second-order valence-corrected chi connectivity index (χ2v) is 12.4. The molecule has 2 fully saturated rings. The Morgan fingerprint density at radius 2 is 1.83 bits per heavy atom. The van der Waals surface area contributed by atoms with E-state index < -0.39 is 29.7 Å². The lowest BCUT2D eigenvalue weighted by molar-refractivity contribution is -0.136. The van der Waals surface area contributed by atoms with Gasteiger partial charge in [-0.2, -0.15) is 0 Å². The molecule has 0 radical (unpaired) electrons. The largest absolute Gasteiger partial charge is 0.387 e. The fourth-order valence-corrected chi connectivity index (χ4v) is 6.55. The number of amides is 5. The summed E-state index contributed by atoms with van der Waals surface area (Å²) in [5, 5.41) is 16.8. The van der Waals surface area contributed by atoms with Gasteiger partial charge in [-0.3, -0.25) is 39.2 Å². The number of likely N-dealkylation sites (tertiary alicyclic amines) is 1. The Morgan fingerprint density at radius 1 is 1.04 bits per heavy atom. The first-order valence-corrected chi connectivity index (χ1v) is 16.3. The van der Waals surface area contributed by atoms with Crippen LogP contribution in [0.2, 0.25) is 0 Å². The van der Waals surface area contributed by atoms with Crippen LogP contribution in [0, 0.1) is 5.41 Å². The molecule has 13 heteroatoms. The predicted molar refractivity (Wildman–Crippen MR) is 179 cm³/mol. The third-order valence-corrected chi connectivity index (χ3v) is 9.16. The molecule has 4 N–H and O–H groups in total. The molecule has 1 aromatic heterocycles. The molecular weight excluding hydrogens is 612 g/mol. The number of rotatable bonds is 11. The Hall–Kier alpha value is -5.46. The molecule has 0 aliphatic carbocycles. The molecule has 6 rings (SSSR count). The summed E-state index contributed by atoms with van der Waals surface area (Å²) in [5.41, 5.74) is 3.98. The van der Waals surface area contributed by atoms with Gasteiger partial charge in [0.25, 0.3) is 11.8 Å². The lowest BCUT2D eigenvalue weighted by Gasteiger charge is -2.38. The predicted octanol–water partition coefficient (Wildman–Crippen LogP) is 3.27. The summed E-state index contributed by atoms with van der Waals surface area (Å²) in [6.07, 6.45) is 8.39. The molecule has 0 saturated carbocycles. The van der Waals surface area contributed by atoms with Crippen molar-refractivity contribution in [3.05, 3.63) is 71.7 Å². The number of carbonyl (C=O) groups excluding carboxylic acids is 5. The topological polar surface area (TPSA) is 178 Å². The Labute approximate surface area is 277 Å². The first-order chi connectivity index (χ1) is 23.2. The molecule has 2 saturated heterocycles. The number of para-hydroxylation sites is 2. The van der Waals surface area contributed by atoms with E-state index >= 15 is 0 Å². The van der Waals surface area contributed by atoms with Gasteiger partial charge in [-0.05, 0) is 69.4 Å². The highest BCUT2D eigenvalue weighted by Gasteiger charge is 2.44. The second-order valence-electron chi connectivity index (χ2n) is 12.4. The summed E-state index contributed by atoms with van der Waals surface area (Å²) in [5.74, 6) is -2.00. The van der Waals surface area contributed by atoms with E-state index in [1.54, 1.807) is 24.4 Å². The van der Waals surface area contributed by atoms with Gasteiger partial charge in [0.2, 0.25) is 17.7 Å². The third kappa shape index (κ3) is 6.80. The van der Waals surface area contributed by atoms with Crippen molar-refractivity contribution in [2.75, 3.05) is 18.4 Å². The number of unbranched alkanes of at least 4 members (excludes halogenated alkanes) is 1. The number of carbonyl (C=O) groups is 5. The van der Waals surface area contributed by atoms with Gasteiger partial charge in [-0.1, -0.05) is 12.1 Å². The second kappa shape index (κ2) is 14.1. The molecule has 3 aromatic rings. The molecule has 13 nitrogen and oxygen atoms in total. The summed E-state index contributed by atoms with van der Waals surface area (Å²) in [6.45, 7) is 3.29. The smallest absolute Gasteiger partial charge is 0.262 e. The van der Waals surface area contributed by atoms with Gasteiger partial charge in [0.15, 0.2) is 0 Å². The Bertz CT molecular complexity index is 1820. The summed E-state index contributed by atoms with van der Waals surface area (Å²) in [7, 11) is 0. The fraction of sp³-hybridized carbons (Fsp3) is 0.371. The number of nitrogens with one attached hydrogen (secondary N) is 4. The van der Waals surface area contributed by atoms with Crippen LogP contribution in [0.4, 0.5) is 5.69 Å². The summed E-state index contributed by atoms with van der Waals surface area (Å²) >= 11 is 0. The van der Waals surface area contributed by atoms with Crippen LogP contribution in [0.5, 0.6) is 0 Å². The molecule has 48 heavy (non-hydrogen) atoms. The van der Waals surface area contributed by atoms with Crippen LogP contribution in [0.25, 0.3) is 16.6 Å². The summed E-state index contributed by atoms with van der Waals surface area (Å²) < 4.78 is 0. The molecule has 3 aliphatic heterocycles. The van der Waals surface area contributed by atoms with E-state index in [9.17, 15) is 24.0 Å². The molecule has 4 heterocycles. The fourth-order valence-electron chi connectivity index (χ4n) is 6.55. The van der Waals surface area contributed by atoms with E-state index in [4.69, 9.17) is 5.41 Å². The minimum atomic E-state index is -0.998. The molecule has 3 atom stereocenters. The first kappa shape index (κ1) is 32.5. The zero-order valence-electron chi connectivity index (χ0n) is 26.7. The number of imide groups is 2. The maximum atomic E-state index is 13.1. The highest BCUT2D eigenvalue weighted by Crippen LogP contribution is 2.29. The van der Waals surface area contributed by atoms with E-state index in [0.29, 0.717) is 42.9 Å². The number of hydrogen-bond acceptors (Lipinski definition) is 10. The molecule has 3 aliphatic rings. The van der Waals surface area contributed by atoms with Crippen LogP contribution < -0.4 is 16.0 Å². The lowest BCUT2D eigenvalue weighted by atomic mass is 9.97. The van der Waals surface area contributed by atoms with Gasteiger partial charge in [0.05, 0.1) is 34.1 Å². The van der Waals surface area contributed by atoms with E-state index in [0.717, 1.165) is 35.2 Å². The quantitative estimate of drug-likeness (QED) is 0.138. The van der Waals surface area contributed by atoms with Gasteiger partial charge in [-0.25, -0.2) is 4.98 Å². The van der Waals surface area contributed by atoms with Gasteiger partial charge in [0.1, 0.15) is 6.04 Å². The van der Waals surface area contributed by atoms with Crippen molar-refractivity contribution in [1.29, 1.82) is 5.41 Å². The number of benzene rings is 2. The lowest BCUT2D eigenvalue weighted by Crippen LogP contribution is -2.54. The number of aromatic nitrogens is 2. The van der Waals surface area contributed by atoms with Gasteiger partial charge in [0, 0.05) is 61.7 Å². The first-order valence-electron chi connectivity index (χ1n) is 16.3. The number of fused-ring (bicyclic) bond motifs is 2. The minimum absolute atomic E-state index is 0.0713. The van der Waals surface area contributed by atoms with E-state index in [-0.39, 0.29) is 42.0 Å². The van der Waals surface area contributed by atoms with E-state index in [1.165, 1.54) is 6.21 Å². The Balaban J connectivity index is 0.936. The number of hydrogen-bond donors (Lipinski definition) is 4. The molecular formula is C35H38N8O5. The van der Waals surface area contributed by atoms with Crippen molar-refractivity contribution >= 4 is 58.0 Å². The van der Waals surface area contributed by atoms with Crippen molar-refractivity contribution in [2.24, 2.45) is 0 Å².